The van der Waals surface area contributed by atoms with E-state index in [1.54, 1.807) is 25.1 Å². The molecular formula is C16H15FN2O2. The number of aromatic nitrogens is 2. The van der Waals surface area contributed by atoms with Crippen molar-refractivity contribution in [2.75, 3.05) is 0 Å². The van der Waals surface area contributed by atoms with E-state index < -0.39 is 6.10 Å². The molecule has 3 aromatic rings. The lowest BCUT2D eigenvalue weighted by atomic mass is 10.0. The van der Waals surface area contributed by atoms with E-state index in [2.05, 4.69) is 10.1 Å². The van der Waals surface area contributed by atoms with Crippen LogP contribution >= 0.6 is 0 Å². The maximum absolute atomic E-state index is 13.8. The molecule has 21 heavy (non-hydrogen) atoms. The molecule has 0 aliphatic rings. The van der Waals surface area contributed by atoms with E-state index in [0.29, 0.717) is 22.7 Å². The van der Waals surface area contributed by atoms with Gasteiger partial charge in [-0.2, -0.15) is 4.98 Å². The minimum absolute atomic E-state index is 0.252. The van der Waals surface area contributed by atoms with Crippen LogP contribution in [0.2, 0.25) is 0 Å². The lowest BCUT2D eigenvalue weighted by Gasteiger charge is -2.08. The Balaban J connectivity index is 2.11. The minimum Gasteiger partial charge on any atom is -0.393 e. The van der Waals surface area contributed by atoms with E-state index >= 15 is 0 Å². The van der Waals surface area contributed by atoms with E-state index in [-0.39, 0.29) is 11.7 Å². The SMILES string of the molecule is CC(O)C(C)c1nc(-c2ccc(F)c3ccccc23)no1. The van der Waals surface area contributed by atoms with Gasteiger partial charge in [0, 0.05) is 10.9 Å². The predicted molar refractivity (Wildman–Crippen MR) is 77.3 cm³/mol. The molecular weight excluding hydrogens is 271 g/mol. The summed E-state index contributed by atoms with van der Waals surface area (Å²) < 4.78 is 19.0. The summed E-state index contributed by atoms with van der Waals surface area (Å²) >= 11 is 0. The molecule has 0 saturated carbocycles. The molecule has 2 aromatic carbocycles. The maximum atomic E-state index is 13.8. The first-order chi connectivity index (χ1) is 10.1. The first-order valence-corrected chi connectivity index (χ1v) is 6.77. The third kappa shape index (κ3) is 2.40. The van der Waals surface area contributed by atoms with Crippen molar-refractivity contribution in [1.82, 2.24) is 10.1 Å². The fourth-order valence-corrected chi connectivity index (χ4v) is 2.19. The smallest absolute Gasteiger partial charge is 0.232 e. The standard InChI is InChI=1S/C16H15FN2O2/c1-9(10(2)20)16-18-15(19-21-16)13-7-8-14(17)12-6-4-3-5-11(12)13/h3-10,20H,1-2H3. The van der Waals surface area contributed by atoms with Crippen LogP contribution in [0.5, 0.6) is 0 Å². The van der Waals surface area contributed by atoms with Crippen molar-refractivity contribution in [2.24, 2.45) is 0 Å². The highest BCUT2D eigenvalue weighted by molar-refractivity contribution is 5.95. The van der Waals surface area contributed by atoms with Gasteiger partial charge in [0.05, 0.1) is 12.0 Å². The average Bonchev–Trinajstić information content (AvgIpc) is 2.96. The molecule has 0 saturated heterocycles. The molecule has 2 unspecified atom stereocenters. The first kappa shape index (κ1) is 13.7. The van der Waals surface area contributed by atoms with E-state index in [0.717, 1.165) is 5.39 Å². The van der Waals surface area contributed by atoms with Crippen molar-refractivity contribution in [3.8, 4) is 11.4 Å². The summed E-state index contributed by atoms with van der Waals surface area (Å²) in [5, 5.41) is 14.8. The van der Waals surface area contributed by atoms with Gasteiger partial charge in [-0.05, 0) is 24.4 Å². The van der Waals surface area contributed by atoms with Crippen LogP contribution < -0.4 is 0 Å². The van der Waals surface area contributed by atoms with Gasteiger partial charge in [0.25, 0.3) is 0 Å². The highest BCUT2D eigenvalue weighted by atomic mass is 19.1. The zero-order valence-electron chi connectivity index (χ0n) is 11.7. The number of benzene rings is 2. The Morgan fingerprint density at radius 1 is 1.10 bits per heavy atom. The third-order valence-corrected chi connectivity index (χ3v) is 3.67. The van der Waals surface area contributed by atoms with Crippen LogP contribution in [-0.2, 0) is 0 Å². The third-order valence-electron chi connectivity index (χ3n) is 3.67. The van der Waals surface area contributed by atoms with Gasteiger partial charge in [-0.1, -0.05) is 36.3 Å². The number of aliphatic hydroxyl groups excluding tert-OH is 1. The average molecular weight is 286 g/mol. The van der Waals surface area contributed by atoms with E-state index in [4.69, 9.17) is 4.52 Å². The van der Waals surface area contributed by atoms with Crippen molar-refractivity contribution in [1.29, 1.82) is 0 Å². The number of nitrogens with zero attached hydrogens (tertiary/aromatic N) is 2. The summed E-state index contributed by atoms with van der Waals surface area (Å²) in [6.07, 6.45) is -0.580. The largest absolute Gasteiger partial charge is 0.393 e. The molecule has 3 rings (SSSR count). The predicted octanol–water partition coefficient (Wildman–Crippen LogP) is 3.51. The Kier molecular flexibility index (Phi) is 3.43. The molecule has 0 aliphatic carbocycles. The van der Waals surface area contributed by atoms with Crippen molar-refractivity contribution >= 4 is 10.8 Å². The lowest BCUT2D eigenvalue weighted by molar-refractivity contribution is 0.151. The summed E-state index contributed by atoms with van der Waals surface area (Å²) in [5.74, 6) is 0.232. The molecule has 1 N–H and O–H groups in total. The van der Waals surface area contributed by atoms with Crippen LogP contribution in [0.1, 0.15) is 25.7 Å². The van der Waals surface area contributed by atoms with Gasteiger partial charge in [-0.25, -0.2) is 4.39 Å². The minimum atomic E-state index is -0.580. The zero-order valence-corrected chi connectivity index (χ0v) is 11.7. The molecule has 2 atom stereocenters. The summed E-state index contributed by atoms with van der Waals surface area (Å²) in [4.78, 5) is 4.32. The molecule has 0 spiro atoms. The van der Waals surface area contributed by atoms with Gasteiger partial charge in [0.15, 0.2) is 0 Å². The van der Waals surface area contributed by atoms with Crippen LogP contribution in [-0.4, -0.2) is 21.4 Å². The van der Waals surface area contributed by atoms with Gasteiger partial charge in [-0.3, -0.25) is 0 Å². The van der Waals surface area contributed by atoms with Crippen molar-refractivity contribution in [3.63, 3.8) is 0 Å². The Labute approximate surface area is 121 Å². The van der Waals surface area contributed by atoms with Crippen LogP contribution in [0, 0.1) is 5.82 Å². The Hall–Kier alpha value is -2.27. The summed E-state index contributed by atoms with van der Waals surface area (Å²) in [6, 6.07) is 10.2. The first-order valence-electron chi connectivity index (χ1n) is 6.77. The Bertz CT molecular complexity index is 783. The number of fused-ring (bicyclic) bond motifs is 1. The summed E-state index contributed by atoms with van der Waals surface area (Å²) in [5.41, 5.74) is 0.708. The van der Waals surface area contributed by atoms with Gasteiger partial charge in [-0.15, -0.1) is 0 Å². The molecule has 5 heteroatoms. The highest BCUT2D eigenvalue weighted by Gasteiger charge is 2.20. The van der Waals surface area contributed by atoms with Crippen LogP contribution in [0.25, 0.3) is 22.2 Å². The number of rotatable bonds is 3. The van der Waals surface area contributed by atoms with Crippen LogP contribution in [0.15, 0.2) is 40.9 Å². The van der Waals surface area contributed by atoms with Gasteiger partial charge >= 0.3 is 0 Å². The van der Waals surface area contributed by atoms with Crippen LogP contribution in [0.3, 0.4) is 0 Å². The van der Waals surface area contributed by atoms with Crippen molar-refractivity contribution in [2.45, 2.75) is 25.9 Å². The molecule has 1 heterocycles. The number of hydrogen-bond acceptors (Lipinski definition) is 4. The molecule has 0 aliphatic heterocycles. The van der Waals surface area contributed by atoms with E-state index in [9.17, 15) is 9.50 Å². The second kappa shape index (κ2) is 5.26. The fraction of sp³-hybridized carbons (Fsp3) is 0.250. The monoisotopic (exact) mass is 286 g/mol. The van der Waals surface area contributed by atoms with Crippen LogP contribution in [0.4, 0.5) is 4.39 Å². The van der Waals surface area contributed by atoms with Gasteiger partial charge < -0.3 is 9.63 Å². The lowest BCUT2D eigenvalue weighted by Crippen LogP contribution is -2.11. The molecule has 4 nitrogen and oxygen atoms in total. The molecule has 0 fully saturated rings. The molecule has 1 aromatic heterocycles. The second-order valence-corrected chi connectivity index (χ2v) is 5.13. The molecule has 0 radical (unpaired) electrons. The topological polar surface area (TPSA) is 59.2 Å². The number of aliphatic hydroxyl groups is 1. The van der Waals surface area contributed by atoms with E-state index in [1.165, 1.54) is 6.07 Å². The summed E-state index contributed by atoms with van der Waals surface area (Å²) in [6.45, 7) is 3.48. The van der Waals surface area contributed by atoms with Crippen molar-refractivity contribution in [3.05, 3.63) is 48.1 Å². The van der Waals surface area contributed by atoms with E-state index in [1.807, 2.05) is 19.1 Å². The van der Waals surface area contributed by atoms with Gasteiger partial charge in [0.1, 0.15) is 5.82 Å². The number of halogens is 1. The molecule has 108 valence electrons. The zero-order chi connectivity index (χ0) is 15.0. The fourth-order valence-electron chi connectivity index (χ4n) is 2.19. The maximum Gasteiger partial charge on any atom is 0.232 e. The van der Waals surface area contributed by atoms with Crippen molar-refractivity contribution < 1.29 is 14.0 Å². The highest BCUT2D eigenvalue weighted by Crippen LogP contribution is 2.29. The summed E-state index contributed by atoms with van der Waals surface area (Å²) in [7, 11) is 0. The quantitative estimate of drug-likeness (QED) is 0.800. The molecule has 0 amide bonds. The Morgan fingerprint density at radius 3 is 2.52 bits per heavy atom. The second-order valence-electron chi connectivity index (χ2n) is 5.13. The van der Waals surface area contributed by atoms with Gasteiger partial charge in [0.2, 0.25) is 11.7 Å². The number of hydrogen-bond donors (Lipinski definition) is 1. The molecule has 0 bridgehead atoms. The normalized spacial score (nSPS) is 14.3. The Morgan fingerprint density at radius 2 is 1.81 bits per heavy atom.